The number of ether oxygens (including phenoxy) is 3. The second-order valence-corrected chi connectivity index (χ2v) is 5.17. The molecule has 1 aromatic carbocycles. The third kappa shape index (κ3) is 4.30. The third-order valence-electron chi connectivity index (χ3n) is 3.43. The smallest absolute Gasteiger partial charge is 0.469 e. The number of para-hydroxylation sites is 2. The SMILES string of the molecule is COC(=O)C1=CCC(Oc2ccccc2OC(F)(F)F)(C(F)(F)F)C=C1. The van der Waals surface area contributed by atoms with Crippen molar-refractivity contribution in [2.75, 3.05) is 7.11 Å². The van der Waals surface area contributed by atoms with Crippen LogP contribution in [0.4, 0.5) is 26.3 Å². The summed E-state index contributed by atoms with van der Waals surface area (Å²) < 4.78 is 91.1. The van der Waals surface area contributed by atoms with Crippen LogP contribution in [-0.2, 0) is 9.53 Å². The van der Waals surface area contributed by atoms with Gasteiger partial charge in [0, 0.05) is 6.42 Å². The number of carbonyl (C=O) groups excluding carboxylic acids is 1. The van der Waals surface area contributed by atoms with Crippen molar-refractivity contribution in [3.8, 4) is 11.5 Å². The maximum Gasteiger partial charge on any atom is 0.573 e. The molecule has 0 radical (unpaired) electrons. The number of carbonyl (C=O) groups is 1. The van der Waals surface area contributed by atoms with E-state index < -0.39 is 42.0 Å². The van der Waals surface area contributed by atoms with Gasteiger partial charge in [0.05, 0.1) is 12.7 Å². The lowest BCUT2D eigenvalue weighted by atomic mass is 9.91. The summed E-state index contributed by atoms with van der Waals surface area (Å²) in [6, 6.07) is 4.10. The standard InChI is InChI=1S/C16H12F6O4/c1-24-13(23)10-6-8-14(9-7-10,15(17,18)19)25-11-4-2-3-5-12(11)26-16(20,21)22/h2-8H,9H2,1H3. The highest BCUT2D eigenvalue weighted by molar-refractivity contribution is 5.91. The summed E-state index contributed by atoms with van der Waals surface area (Å²) >= 11 is 0. The Morgan fingerprint density at radius 2 is 1.69 bits per heavy atom. The molecule has 0 aliphatic heterocycles. The molecule has 10 heteroatoms. The molecule has 1 aliphatic rings. The lowest BCUT2D eigenvalue weighted by Gasteiger charge is -2.35. The van der Waals surface area contributed by atoms with Gasteiger partial charge in [0.1, 0.15) is 0 Å². The highest BCUT2D eigenvalue weighted by atomic mass is 19.4. The molecule has 0 bridgehead atoms. The normalized spacial score (nSPS) is 20.3. The van der Waals surface area contributed by atoms with Gasteiger partial charge in [-0.1, -0.05) is 18.2 Å². The van der Waals surface area contributed by atoms with Crippen LogP contribution in [0.2, 0.25) is 0 Å². The zero-order valence-corrected chi connectivity index (χ0v) is 13.1. The molecule has 0 N–H and O–H groups in total. The number of hydrogen-bond acceptors (Lipinski definition) is 4. The number of methoxy groups -OCH3 is 1. The average Bonchev–Trinajstić information content (AvgIpc) is 2.54. The molecule has 0 saturated carbocycles. The number of hydrogen-bond donors (Lipinski definition) is 0. The molecule has 0 heterocycles. The summed E-state index contributed by atoms with van der Waals surface area (Å²) in [4.78, 5) is 11.4. The van der Waals surface area contributed by atoms with Gasteiger partial charge in [-0.3, -0.25) is 0 Å². The van der Waals surface area contributed by atoms with E-state index in [9.17, 15) is 31.1 Å². The van der Waals surface area contributed by atoms with E-state index in [0.29, 0.717) is 6.08 Å². The quantitative estimate of drug-likeness (QED) is 0.575. The number of rotatable bonds is 4. The number of benzene rings is 1. The number of esters is 1. The van der Waals surface area contributed by atoms with Gasteiger partial charge in [0.15, 0.2) is 11.5 Å². The molecule has 26 heavy (non-hydrogen) atoms. The lowest BCUT2D eigenvalue weighted by Crippen LogP contribution is -2.49. The van der Waals surface area contributed by atoms with Crippen molar-refractivity contribution in [1.82, 2.24) is 0 Å². The van der Waals surface area contributed by atoms with E-state index in [-0.39, 0.29) is 5.57 Å². The molecular weight excluding hydrogens is 370 g/mol. The van der Waals surface area contributed by atoms with Gasteiger partial charge in [-0.25, -0.2) is 4.79 Å². The Morgan fingerprint density at radius 3 is 2.15 bits per heavy atom. The first-order valence-electron chi connectivity index (χ1n) is 7.06. The third-order valence-corrected chi connectivity index (χ3v) is 3.43. The van der Waals surface area contributed by atoms with Crippen molar-refractivity contribution in [3.63, 3.8) is 0 Å². The first-order chi connectivity index (χ1) is 12.0. The Labute approximate surface area is 143 Å². The van der Waals surface area contributed by atoms with Crippen molar-refractivity contribution in [3.05, 3.63) is 48.1 Å². The monoisotopic (exact) mass is 382 g/mol. The van der Waals surface area contributed by atoms with E-state index >= 15 is 0 Å². The summed E-state index contributed by atoms with van der Waals surface area (Å²) in [7, 11) is 1.06. The minimum Gasteiger partial charge on any atom is -0.469 e. The Kier molecular flexibility index (Phi) is 5.24. The molecule has 1 unspecified atom stereocenters. The molecule has 1 aliphatic carbocycles. The molecule has 0 amide bonds. The van der Waals surface area contributed by atoms with Crippen molar-refractivity contribution in [2.24, 2.45) is 0 Å². The Hall–Kier alpha value is -2.65. The van der Waals surface area contributed by atoms with E-state index in [1.807, 2.05) is 0 Å². The second kappa shape index (κ2) is 6.93. The maximum absolute atomic E-state index is 13.6. The van der Waals surface area contributed by atoms with Crippen LogP contribution in [0.25, 0.3) is 0 Å². The maximum atomic E-state index is 13.6. The lowest BCUT2D eigenvalue weighted by molar-refractivity contribution is -0.276. The second-order valence-electron chi connectivity index (χ2n) is 5.17. The first-order valence-corrected chi connectivity index (χ1v) is 7.06. The van der Waals surface area contributed by atoms with Crippen LogP contribution >= 0.6 is 0 Å². The van der Waals surface area contributed by atoms with Gasteiger partial charge in [-0.15, -0.1) is 13.2 Å². The Bertz CT molecular complexity index is 735. The minimum absolute atomic E-state index is 0.129. The van der Waals surface area contributed by atoms with Crippen LogP contribution in [0.3, 0.4) is 0 Å². The number of alkyl halides is 6. The zero-order chi connectivity index (χ0) is 19.6. The summed E-state index contributed by atoms with van der Waals surface area (Å²) in [6.45, 7) is 0. The first kappa shape index (κ1) is 19.7. The van der Waals surface area contributed by atoms with E-state index in [4.69, 9.17) is 4.74 Å². The summed E-state index contributed by atoms with van der Waals surface area (Å²) in [5, 5.41) is 0. The predicted octanol–water partition coefficient (Wildman–Crippen LogP) is 4.32. The fraction of sp³-hybridized carbons (Fsp3) is 0.312. The van der Waals surface area contributed by atoms with Crippen molar-refractivity contribution < 1.29 is 45.3 Å². The molecule has 0 fully saturated rings. The van der Waals surface area contributed by atoms with Gasteiger partial charge < -0.3 is 14.2 Å². The van der Waals surface area contributed by atoms with E-state index in [2.05, 4.69) is 9.47 Å². The van der Waals surface area contributed by atoms with Crippen molar-refractivity contribution in [2.45, 2.75) is 24.6 Å². The van der Waals surface area contributed by atoms with Gasteiger partial charge >= 0.3 is 18.5 Å². The average molecular weight is 382 g/mol. The van der Waals surface area contributed by atoms with Crippen LogP contribution in [-0.4, -0.2) is 31.2 Å². The van der Waals surface area contributed by atoms with Crippen LogP contribution < -0.4 is 9.47 Å². The molecular formula is C16H12F6O4. The molecule has 142 valence electrons. The van der Waals surface area contributed by atoms with Gasteiger partial charge in [-0.2, -0.15) is 13.2 Å². The van der Waals surface area contributed by atoms with Crippen LogP contribution in [0.1, 0.15) is 6.42 Å². The zero-order valence-electron chi connectivity index (χ0n) is 13.1. The molecule has 1 aromatic rings. The van der Waals surface area contributed by atoms with E-state index in [1.165, 1.54) is 6.07 Å². The van der Waals surface area contributed by atoms with Crippen LogP contribution in [0.15, 0.2) is 48.1 Å². The van der Waals surface area contributed by atoms with Crippen molar-refractivity contribution in [1.29, 1.82) is 0 Å². The molecule has 0 aromatic heterocycles. The Morgan fingerprint density at radius 1 is 1.08 bits per heavy atom. The van der Waals surface area contributed by atoms with E-state index in [0.717, 1.165) is 37.5 Å². The van der Waals surface area contributed by atoms with Gasteiger partial charge in [-0.05, 0) is 24.3 Å². The highest BCUT2D eigenvalue weighted by Gasteiger charge is 2.56. The molecule has 0 saturated heterocycles. The molecule has 2 rings (SSSR count). The Balaban J connectivity index is 2.37. The molecule has 0 spiro atoms. The van der Waals surface area contributed by atoms with Gasteiger partial charge in [0.25, 0.3) is 0 Å². The summed E-state index contributed by atoms with van der Waals surface area (Å²) in [5.74, 6) is -2.51. The van der Waals surface area contributed by atoms with Crippen LogP contribution in [0, 0.1) is 0 Å². The summed E-state index contributed by atoms with van der Waals surface area (Å²) in [6.07, 6.45) is -8.58. The van der Waals surface area contributed by atoms with Gasteiger partial charge in [0.2, 0.25) is 5.60 Å². The predicted molar refractivity (Wildman–Crippen MR) is 76.4 cm³/mol. The number of halogens is 6. The summed E-state index contributed by atoms with van der Waals surface area (Å²) in [5.41, 5.74) is -3.09. The fourth-order valence-electron chi connectivity index (χ4n) is 2.17. The molecule has 4 nitrogen and oxygen atoms in total. The fourth-order valence-corrected chi connectivity index (χ4v) is 2.17. The van der Waals surface area contributed by atoms with Crippen molar-refractivity contribution >= 4 is 5.97 Å². The minimum atomic E-state index is -5.11. The topological polar surface area (TPSA) is 44.8 Å². The highest BCUT2D eigenvalue weighted by Crippen LogP contribution is 2.44. The van der Waals surface area contributed by atoms with Crippen LogP contribution in [0.5, 0.6) is 11.5 Å². The van der Waals surface area contributed by atoms with E-state index in [1.54, 1.807) is 0 Å². The molecule has 1 atom stereocenters. The largest absolute Gasteiger partial charge is 0.573 e.